The monoisotopic (exact) mass is 260 g/mol. The van der Waals surface area contributed by atoms with E-state index in [-0.39, 0.29) is 16.3 Å². The van der Waals surface area contributed by atoms with Gasteiger partial charge in [-0.05, 0) is 42.2 Å². The first-order valence-corrected chi connectivity index (χ1v) is 6.47. The highest BCUT2D eigenvalue weighted by atomic mass is 35.5. The Bertz CT molecular complexity index is 388. The van der Waals surface area contributed by atoms with Crippen molar-refractivity contribution in [2.45, 2.75) is 26.2 Å². The molecule has 0 radical (unpaired) electrons. The van der Waals surface area contributed by atoms with Crippen LogP contribution in [0.2, 0.25) is 5.02 Å². The molecule has 0 amide bonds. The Morgan fingerprint density at radius 3 is 2.69 bits per heavy atom. The second kappa shape index (κ2) is 4.54. The van der Waals surface area contributed by atoms with E-state index in [1.807, 2.05) is 0 Å². The molecule has 0 aliphatic heterocycles. The summed E-state index contributed by atoms with van der Waals surface area (Å²) in [5, 5.41) is 0.199. The Hall–Kier alpha value is -0.270. The van der Waals surface area contributed by atoms with Gasteiger partial charge in [0.1, 0.15) is 5.82 Å². The predicted molar refractivity (Wildman–Crippen MR) is 66.7 cm³/mol. The van der Waals surface area contributed by atoms with E-state index in [4.69, 9.17) is 23.2 Å². The molecule has 1 aromatic carbocycles. The highest BCUT2D eigenvalue weighted by Gasteiger charge is 2.41. The van der Waals surface area contributed by atoms with Crippen LogP contribution in [0.5, 0.6) is 0 Å². The van der Waals surface area contributed by atoms with Gasteiger partial charge in [0.2, 0.25) is 0 Å². The van der Waals surface area contributed by atoms with Crippen LogP contribution in [0.25, 0.3) is 0 Å². The number of hydrogen-bond donors (Lipinski definition) is 0. The minimum absolute atomic E-state index is 0.00702. The van der Waals surface area contributed by atoms with Gasteiger partial charge < -0.3 is 0 Å². The van der Waals surface area contributed by atoms with Crippen molar-refractivity contribution in [3.63, 3.8) is 0 Å². The second-order valence-electron chi connectivity index (χ2n) is 4.95. The molecule has 1 saturated carbocycles. The molecule has 0 heterocycles. The van der Waals surface area contributed by atoms with E-state index in [9.17, 15) is 4.39 Å². The molecule has 1 aliphatic rings. The topological polar surface area (TPSA) is 0 Å². The smallest absolute Gasteiger partial charge is 0.144 e. The van der Waals surface area contributed by atoms with Crippen LogP contribution in [0, 0.1) is 17.2 Å². The number of hydrogen-bond acceptors (Lipinski definition) is 0. The van der Waals surface area contributed by atoms with Crippen LogP contribution >= 0.6 is 23.2 Å². The van der Waals surface area contributed by atoms with Crippen molar-refractivity contribution in [1.82, 2.24) is 0 Å². The Labute approximate surface area is 106 Å². The highest BCUT2D eigenvalue weighted by Crippen LogP contribution is 2.48. The summed E-state index contributed by atoms with van der Waals surface area (Å²) in [6.07, 6.45) is 3.10. The lowest BCUT2D eigenvalue weighted by atomic mass is 9.81. The van der Waals surface area contributed by atoms with Gasteiger partial charge in [-0.1, -0.05) is 30.7 Å². The third-order valence-electron chi connectivity index (χ3n) is 3.49. The van der Waals surface area contributed by atoms with E-state index < -0.39 is 0 Å². The maximum absolute atomic E-state index is 13.8. The third-order valence-corrected chi connectivity index (χ3v) is 4.40. The predicted octanol–water partition coefficient (Wildman–Crippen LogP) is 4.68. The number of alkyl halides is 1. The molecule has 1 unspecified atom stereocenters. The summed E-state index contributed by atoms with van der Waals surface area (Å²) in [5.41, 5.74) is 0.690. The molecule has 0 saturated heterocycles. The van der Waals surface area contributed by atoms with Gasteiger partial charge in [0.25, 0.3) is 0 Å². The minimum Gasteiger partial charge on any atom is -0.205 e. The zero-order valence-electron chi connectivity index (χ0n) is 9.27. The van der Waals surface area contributed by atoms with Crippen molar-refractivity contribution < 1.29 is 4.39 Å². The number of benzene rings is 1. The summed E-state index contributed by atoms with van der Waals surface area (Å²) in [4.78, 5) is 0. The fourth-order valence-electron chi connectivity index (χ4n) is 2.20. The lowest BCUT2D eigenvalue weighted by Crippen LogP contribution is -2.25. The minimum atomic E-state index is -0.291. The molecule has 1 aliphatic carbocycles. The van der Waals surface area contributed by atoms with Gasteiger partial charge in [-0.15, -0.1) is 11.6 Å². The highest BCUT2D eigenvalue weighted by molar-refractivity contribution is 6.30. The van der Waals surface area contributed by atoms with E-state index in [1.54, 1.807) is 18.2 Å². The zero-order chi connectivity index (χ0) is 11.8. The van der Waals surface area contributed by atoms with Crippen molar-refractivity contribution in [2.24, 2.45) is 11.3 Å². The summed E-state index contributed by atoms with van der Waals surface area (Å²) in [7, 11) is 0. The zero-order valence-corrected chi connectivity index (χ0v) is 10.8. The van der Waals surface area contributed by atoms with Crippen molar-refractivity contribution in [1.29, 1.82) is 0 Å². The van der Waals surface area contributed by atoms with Gasteiger partial charge in [-0.2, -0.15) is 0 Å². The van der Waals surface area contributed by atoms with Gasteiger partial charge in [0.15, 0.2) is 0 Å². The largest absolute Gasteiger partial charge is 0.205 e. The van der Waals surface area contributed by atoms with Crippen LogP contribution in [0.4, 0.5) is 4.39 Å². The van der Waals surface area contributed by atoms with Gasteiger partial charge in [-0.3, -0.25) is 0 Å². The van der Waals surface area contributed by atoms with Crippen LogP contribution in [0.1, 0.15) is 25.3 Å². The molecule has 16 heavy (non-hydrogen) atoms. The van der Waals surface area contributed by atoms with E-state index in [0.717, 1.165) is 0 Å². The maximum atomic E-state index is 13.8. The normalized spacial score (nSPS) is 19.5. The average molecular weight is 261 g/mol. The Kier molecular flexibility index (Phi) is 3.46. The van der Waals surface area contributed by atoms with Crippen LogP contribution in [0.15, 0.2) is 18.2 Å². The lowest BCUT2D eigenvalue weighted by molar-refractivity contribution is 0.309. The van der Waals surface area contributed by atoms with Crippen LogP contribution < -0.4 is 0 Å². The quantitative estimate of drug-likeness (QED) is 0.690. The molecule has 1 fully saturated rings. The molecule has 3 heteroatoms. The number of halogens is 3. The van der Waals surface area contributed by atoms with Gasteiger partial charge >= 0.3 is 0 Å². The molecule has 2 rings (SSSR count). The summed E-state index contributed by atoms with van der Waals surface area (Å²) in [6.45, 7) is 2.14. The van der Waals surface area contributed by atoms with E-state index in [0.29, 0.717) is 23.8 Å². The molecule has 0 aromatic heterocycles. The van der Waals surface area contributed by atoms with Gasteiger partial charge in [-0.25, -0.2) is 4.39 Å². The summed E-state index contributed by atoms with van der Waals surface area (Å²) in [5.74, 6) is 0.924. The van der Waals surface area contributed by atoms with Crippen molar-refractivity contribution in [3.05, 3.63) is 34.6 Å². The molecular weight excluding hydrogens is 246 g/mol. The lowest BCUT2D eigenvalue weighted by Gasteiger charge is -2.27. The first-order chi connectivity index (χ1) is 7.57. The van der Waals surface area contributed by atoms with Crippen molar-refractivity contribution in [2.75, 3.05) is 5.88 Å². The Balaban J connectivity index is 2.22. The Morgan fingerprint density at radius 1 is 1.44 bits per heavy atom. The molecule has 88 valence electrons. The van der Waals surface area contributed by atoms with Gasteiger partial charge in [0, 0.05) is 5.88 Å². The third kappa shape index (κ3) is 2.36. The van der Waals surface area contributed by atoms with Crippen LogP contribution in [-0.2, 0) is 6.42 Å². The standard InChI is InChI=1S/C13H15Cl2F/c1-13(8-14,10-5-6-10)7-9-3-2-4-11(15)12(9)16/h2-4,10H,5-8H2,1H3. The first-order valence-electron chi connectivity index (χ1n) is 5.56. The van der Waals surface area contributed by atoms with Crippen LogP contribution in [0.3, 0.4) is 0 Å². The van der Waals surface area contributed by atoms with E-state index in [1.165, 1.54) is 12.8 Å². The molecule has 0 nitrogen and oxygen atoms in total. The average Bonchev–Trinajstić information content (AvgIpc) is 3.08. The second-order valence-corrected chi connectivity index (χ2v) is 5.63. The molecule has 0 N–H and O–H groups in total. The molecule has 0 spiro atoms. The fourth-order valence-corrected chi connectivity index (χ4v) is 2.71. The summed E-state index contributed by atoms with van der Waals surface area (Å²) >= 11 is 11.8. The first kappa shape index (κ1) is 12.2. The summed E-state index contributed by atoms with van der Waals surface area (Å²) in [6, 6.07) is 5.17. The van der Waals surface area contributed by atoms with E-state index in [2.05, 4.69) is 6.92 Å². The molecule has 1 aromatic rings. The Morgan fingerprint density at radius 2 is 2.12 bits per heavy atom. The molecule has 1 atom stereocenters. The SMILES string of the molecule is CC(CCl)(Cc1cccc(Cl)c1F)C1CC1. The summed E-state index contributed by atoms with van der Waals surface area (Å²) < 4.78 is 13.8. The number of rotatable bonds is 4. The van der Waals surface area contributed by atoms with Crippen LogP contribution in [-0.4, -0.2) is 5.88 Å². The fraction of sp³-hybridized carbons (Fsp3) is 0.538. The maximum Gasteiger partial charge on any atom is 0.144 e. The van der Waals surface area contributed by atoms with Gasteiger partial charge in [0.05, 0.1) is 5.02 Å². The molecule has 0 bridgehead atoms. The van der Waals surface area contributed by atoms with Crippen molar-refractivity contribution in [3.8, 4) is 0 Å². The van der Waals surface area contributed by atoms with E-state index >= 15 is 0 Å². The van der Waals surface area contributed by atoms with Crippen molar-refractivity contribution >= 4 is 23.2 Å². The molecular formula is C13H15Cl2F.